The number of fused-ring (bicyclic) bond motifs is 2. The van der Waals surface area contributed by atoms with Crippen LogP contribution in [0.3, 0.4) is 0 Å². The molecule has 0 radical (unpaired) electrons. The molecular formula is C22H18ClN5O7. The summed E-state index contributed by atoms with van der Waals surface area (Å²) in [6, 6.07) is 6.40. The Morgan fingerprint density at radius 2 is 1.80 bits per heavy atom. The monoisotopic (exact) mass is 500 g/mol. The van der Waals surface area contributed by atoms with Crippen molar-refractivity contribution in [2.75, 3.05) is 11.5 Å². The first-order chi connectivity index (χ1) is 16.7. The zero-order valence-corrected chi connectivity index (χ0v) is 19.3. The molecule has 0 unspecified atom stereocenters. The average molecular weight is 501 g/mol. The first kappa shape index (κ1) is 22.9. The molecule has 2 amide bonds. The van der Waals surface area contributed by atoms with Crippen LogP contribution in [0.5, 0.6) is 0 Å². The van der Waals surface area contributed by atoms with Crippen molar-refractivity contribution in [3.8, 4) is 0 Å². The van der Waals surface area contributed by atoms with Crippen LogP contribution < -0.4 is 4.90 Å². The van der Waals surface area contributed by atoms with E-state index < -0.39 is 42.2 Å². The largest absolute Gasteiger partial charge is 0.463 e. The van der Waals surface area contributed by atoms with Crippen LogP contribution in [-0.2, 0) is 23.8 Å². The molecule has 2 aromatic heterocycles. The lowest BCUT2D eigenvalue weighted by Gasteiger charge is -2.17. The molecule has 0 aliphatic carbocycles. The third-order valence-corrected chi connectivity index (χ3v) is 5.88. The molecule has 3 aromatic rings. The Labute approximate surface area is 202 Å². The number of halogens is 1. The highest BCUT2D eigenvalue weighted by molar-refractivity contribution is 6.35. The van der Waals surface area contributed by atoms with Crippen LogP contribution in [0.15, 0.2) is 30.6 Å². The average Bonchev–Trinajstić information content (AvgIpc) is 3.47. The van der Waals surface area contributed by atoms with E-state index >= 15 is 0 Å². The van der Waals surface area contributed by atoms with Crippen molar-refractivity contribution >= 4 is 52.5 Å². The lowest BCUT2D eigenvalue weighted by atomic mass is 10.1. The molecule has 2 aliphatic rings. The summed E-state index contributed by atoms with van der Waals surface area (Å²) in [6.07, 6.45) is -0.506. The van der Waals surface area contributed by atoms with Gasteiger partial charge >= 0.3 is 11.9 Å². The maximum absolute atomic E-state index is 12.9. The summed E-state index contributed by atoms with van der Waals surface area (Å²) < 4.78 is 17.9. The number of aromatic nitrogens is 4. The minimum absolute atomic E-state index is 0.0636. The smallest absolute Gasteiger partial charge is 0.303 e. The molecule has 1 saturated heterocycles. The first-order valence-corrected chi connectivity index (χ1v) is 11.0. The zero-order valence-electron chi connectivity index (χ0n) is 18.5. The van der Waals surface area contributed by atoms with Crippen molar-refractivity contribution in [3.63, 3.8) is 0 Å². The van der Waals surface area contributed by atoms with E-state index in [0.717, 1.165) is 4.90 Å². The van der Waals surface area contributed by atoms with Crippen LogP contribution in [-0.4, -0.2) is 62.1 Å². The maximum Gasteiger partial charge on any atom is 0.303 e. The van der Waals surface area contributed by atoms with Crippen molar-refractivity contribution in [3.05, 3.63) is 46.9 Å². The summed E-state index contributed by atoms with van der Waals surface area (Å²) in [5.41, 5.74) is 0.907. The third kappa shape index (κ3) is 4.00. The highest BCUT2D eigenvalue weighted by Crippen LogP contribution is 2.35. The van der Waals surface area contributed by atoms with Gasteiger partial charge in [-0.15, -0.1) is 0 Å². The van der Waals surface area contributed by atoms with Gasteiger partial charge in [0.1, 0.15) is 30.6 Å². The van der Waals surface area contributed by atoms with E-state index in [1.165, 1.54) is 24.7 Å². The van der Waals surface area contributed by atoms with Crippen molar-refractivity contribution in [1.29, 1.82) is 0 Å². The third-order valence-electron chi connectivity index (χ3n) is 5.62. The Morgan fingerprint density at radius 3 is 2.43 bits per heavy atom. The van der Waals surface area contributed by atoms with Gasteiger partial charge in [-0.3, -0.25) is 23.7 Å². The van der Waals surface area contributed by atoms with Crippen molar-refractivity contribution in [1.82, 2.24) is 19.5 Å². The topological polar surface area (TPSA) is 143 Å². The molecule has 0 bridgehead atoms. The molecule has 0 saturated carbocycles. The molecule has 13 heteroatoms. The Morgan fingerprint density at radius 1 is 1.11 bits per heavy atom. The van der Waals surface area contributed by atoms with Crippen LogP contribution in [0.2, 0.25) is 5.15 Å². The molecule has 0 N–H and O–H groups in total. The fraction of sp³-hybridized carbons (Fsp3) is 0.318. The zero-order chi connectivity index (χ0) is 24.9. The van der Waals surface area contributed by atoms with Crippen LogP contribution in [0.4, 0.5) is 5.95 Å². The molecule has 12 nitrogen and oxygen atoms in total. The summed E-state index contributed by atoms with van der Waals surface area (Å²) in [7, 11) is 0. The summed E-state index contributed by atoms with van der Waals surface area (Å²) >= 11 is 6.33. The first-order valence-electron chi connectivity index (χ1n) is 10.6. The number of benzene rings is 1. The van der Waals surface area contributed by atoms with Crippen molar-refractivity contribution in [2.24, 2.45) is 0 Å². The van der Waals surface area contributed by atoms with E-state index in [1.54, 1.807) is 24.3 Å². The Kier molecular flexibility index (Phi) is 5.69. The molecule has 180 valence electrons. The summed E-state index contributed by atoms with van der Waals surface area (Å²) in [5.74, 6) is -2.36. The molecule has 5 rings (SSSR count). The van der Waals surface area contributed by atoms with Gasteiger partial charge in [-0.2, -0.15) is 9.97 Å². The number of esters is 2. The number of hydrogen-bond acceptors (Lipinski definition) is 10. The molecule has 0 spiro atoms. The van der Waals surface area contributed by atoms with Gasteiger partial charge in [0.15, 0.2) is 10.8 Å². The van der Waals surface area contributed by atoms with Crippen LogP contribution in [0.25, 0.3) is 11.2 Å². The predicted octanol–water partition coefficient (Wildman–Crippen LogP) is 2.06. The quantitative estimate of drug-likeness (QED) is 0.221. The van der Waals surface area contributed by atoms with Gasteiger partial charge in [-0.25, -0.2) is 9.88 Å². The lowest BCUT2D eigenvalue weighted by molar-refractivity contribution is -0.155. The number of anilines is 1. The van der Waals surface area contributed by atoms with Gasteiger partial charge in [0.05, 0.1) is 17.5 Å². The van der Waals surface area contributed by atoms with Gasteiger partial charge < -0.3 is 14.2 Å². The second kappa shape index (κ2) is 8.71. The molecule has 2 aliphatic heterocycles. The Balaban J connectivity index is 1.50. The Bertz CT molecular complexity index is 1350. The molecule has 4 heterocycles. The molecular weight excluding hydrogens is 483 g/mol. The van der Waals surface area contributed by atoms with Crippen molar-refractivity contribution < 1.29 is 33.4 Å². The summed E-state index contributed by atoms with van der Waals surface area (Å²) in [5, 5.41) is -0.0636. The van der Waals surface area contributed by atoms with Crippen LogP contribution in [0.1, 0.15) is 47.2 Å². The number of hydrogen-bond donors (Lipinski definition) is 0. The number of ether oxygens (including phenoxy) is 3. The van der Waals surface area contributed by atoms with Gasteiger partial charge in [0.2, 0.25) is 5.95 Å². The minimum atomic E-state index is -0.724. The fourth-order valence-electron chi connectivity index (χ4n) is 4.11. The normalized spacial score (nSPS) is 21.5. The number of nitrogens with zero attached hydrogens (tertiary/aromatic N) is 5. The summed E-state index contributed by atoms with van der Waals surface area (Å²) in [4.78, 5) is 62.2. The second-order valence-electron chi connectivity index (χ2n) is 7.95. The van der Waals surface area contributed by atoms with Crippen LogP contribution >= 0.6 is 11.6 Å². The number of rotatable bonds is 5. The molecule has 35 heavy (non-hydrogen) atoms. The number of carbonyl (C=O) groups is 4. The van der Waals surface area contributed by atoms with Crippen LogP contribution in [0, 0.1) is 0 Å². The van der Waals surface area contributed by atoms with E-state index in [4.69, 9.17) is 25.8 Å². The number of imidazole rings is 1. The van der Waals surface area contributed by atoms with Gasteiger partial charge in [0.25, 0.3) is 11.8 Å². The molecule has 3 atom stereocenters. The summed E-state index contributed by atoms with van der Waals surface area (Å²) in [6.45, 7) is 2.41. The highest BCUT2D eigenvalue weighted by atomic mass is 35.5. The predicted molar refractivity (Wildman–Crippen MR) is 119 cm³/mol. The SMILES string of the molecule is CC(=O)OC[C@H]1O[C@@H](n2cnc3c(Cl)nc([15N]4C(=O)c5ccccc5C4=O)nc32)C[C@@H]1OC(C)=O. The van der Waals surface area contributed by atoms with E-state index in [1.807, 2.05) is 0 Å². The molecule has 1 aromatic carbocycles. The van der Waals surface area contributed by atoms with Gasteiger partial charge in [0, 0.05) is 20.3 Å². The number of amides is 2. The Hall–Kier alpha value is -3.90. The standard InChI is InChI=1S/C22H18ClN5O7/c1-10(29)33-8-15-14(34-11(2)30)7-16(35-15)27-9-24-17-18(23)25-22(26-19(17)27)28-20(31)12-5-3-4-6-13(12)21(28)32/h3-6,9,14-16H,7-8H2,1-2H3/t14-,15+,16+/m0/s1/i28+1. The maximum atomic E-state index is 12.9. The van der Waals surface area contributed by atoms with E-state index in [9.17, 15) is 19.2 Å². The number of imide groups is 1. The molecule has 1 fully saturated rings. The fourth-order valence-corrected chi connectivity index (χ4v) is 4.32. The lowest BCUT2D eigenvalue weighted by Crippen LogP contribution is -2.31. The minimum Gasteiger partial charge on any atom is -0.463 e. The van der Waals surface area contributed by atoms with Gasteiger partial charge in [-0.1, -0.05) is 23.7 Å². The van der Waals surface area contributed by atoms with Gasteiger partial charge in [-0.05, 0) is 12.1 Å². The second-order valence-corrected chi connectivity index (χ2v) is 8.30. The van der Waals surface area contributed by atoms with E-state index in [0.29, 0.717) is 0 Å². The highest BCUT2D eigenvalue weighted by Gasteiger charge is 2.41. The van der Waals surface area contributed by atoms with E-state index in [-0.39, 0.29) is 46.4 Å². The van der Waals surface area contributed by atoms with Crippen molar-refractivity contribution in [2.45, 2.75) is 38.7 Å². The number of carbonyl (C=O) groups excluding carboxylic acids is 4. The van der Waals surface area contributed by atoms with E-state index in [2.05, 4.69) is 15.0 Å².